The molecule has 0 saturated carbocycles. The molecule has 55 heavy (non-hydrogen) atoms. The van der Waals surface area contributed by atoms with Crippen molar-refractivity contribution < 1.29 is 18.5 Å². The summed E-state index contributed by atoms with van der Waals surface area (Å²) in [6.45, 7) is 27.2. The number of rotatable bonds is 8. The summed E-state index contributed by atoms with van der Waals surface area (Å²) in [4.78, 5) is 12.1. The highest BCUT2D eigenvalue weighted by molar-refractivity contribution is 7.48. The SMILES string of the molecule is CC(C)c1cc(C(C)C)c(-c2cc3c(c4c2OP(=O)(O)Oc2c(-c5c(C(C)C)cc(C(C)C)cc5C(C)C)cc5c(c2-4)CCCC5)CCCC3)c(C(C)C)c1. The molecule has 0 aromatic heterocycles. The van der Waals surface area contributed by atoms with E-state index in [0.717, 1.165) is 84.7 Å². The fourth-order valence-corrected chi connectivity index (χ4v) is 10.5. The van der Waals surface area contributed by atoms with Gasteiger partial charge in [0.25, 0.3) is 0 Å². The Morgan fingerprint density at radius 3 is 1.05 bits per heavy atom. The Morgan fingerprint density at radius 1 is 0.455 bits per heavy atom. The van der Waals surface area contributed by atoms with Crippen LogP contribution in [0.2, 0.25) is 0 Å². The van der Waals surface area contributed by atoms with E-state index in [2.05, 4.69) is 119 Å². The van der Waals surface area contributed by atoms with Gasteiger partial charge in [-0.1, -0.05) is 107 Å². The third-order valence-corrected chi connectivity index (χ3v) is 13.5. The third-order valence-electron chi connectivity index (χ3n) is 12.7. The van der Waals surface area contributed by atoms with Gasteiger partial charge in [-0.15, -0.1) is 0 Å². The van der Waals surface area contributed by atoms with E-state index < -0.39 is 7.82 Å². The fraction of sp³-hybridized carbons (Fsp3) is 0.520. The first kappa shape index (κ1) is 39.9. The summed E-state index contributed by atoms with van der Waals surface area (Å²) >= 11 is 0. The molecule has 1 heterocycles. The van der Waals surface area contributed by atoms with Gasteiger partial charge in [0.05, 0.1) is 0 Å². The van der Waals surface area contributed by atoms with Gasteiger partial charge in [0.2, 0.25) is 0 Å². The molecule has 0 bridgehead atoms. The van der Waals surface area contributed by atoms with Crippen LogP contribution in [0.1, 0.15) is 200 Å². The highest BCUT2D eigenvalue weighted by Gasteiger charge is 2.41. The first-order chi connectivity index (χ1) is 26.0. The Morgan fingerprint density at radius 2 is 0.764 bits per heavy atom. The molecule has 7 rings (SSSR count). The lowest BCUT2D eigenvalue weighted by Crippen LogP contribution is -2.12. The van der Waals surface area contributed by atoms with Crippen LogP contribution in [-0.4, -0.2) is 4.89 Å². The predicted molar refractivity (Wildman–Crippen MR) is 232 cm³/mol. The smallest absolute Gasteiger partial charge is 0.394 e. The van der Waals surface area contributed by atoms with Gasteiger partial charge in [0, 0.05) is 22.3 Å². The van der Waals surface area contributed by atoms with Gasteiger partial charge in [0.15, 0.2) is 0 Å². The van der Waals surface area contributed by atoms with E-state index in [1.165, 1.54) is 55.6 Å². The van der Waals surface area contributed by atoms with Crippen LogP contribution in [-0.2, 0) is 30.2 Å². The largest absolute Gasteiger partial charge is 0.584 e. The number of aryl methyl sites for hydroxylation is 2. The lowest BCUT2D eigenvalue weighted by molar-refractivity contribution is 0.295. The molecular weight excluding hydrogens is 696 g/mol. The molecule has 0 atom stereocenters. The molecule has 1 N–H and O–H groups in total. The van der Waals surface area contributed by atoms with E-state index >= 15 is 0 Å². The summed E-state index contributed by atoms with van der Waals surface area (Å²) in [5.74, 6) is 2.78. The average Bonchev–Trinajstić information content (AvgIpc) is 3.26. The highest BCUT2D eigenvalue weighted by Crippen LogP contribution is 2.63. The minimum Gasteiger partial charge on any atom is -0.394 e. The predicted octanol–water partition coefficient (Wildman–Crippen LogP) is 15.1. The van der Waals surface area contributed by atoms with E-state index in [-0.39, 0.29) is 23.7 Å². The van der Waals surface area contributed by atoms with Crippen LogP contribution in [0.15, 0.2) is 36.4 Å². The van der Waals surface area contributed by atoms with Crippen molar-refractivity contribution in [2.45, 2.75) is 170 Å². The van der Waals surface area contributed by atoms with Gasteiger partial charge < -0.3 is 9.05 Å². The van der Waals surface area contributed by atoms with Gasteiger partial charge in [-0.05, 0) is 166 Å². The minimum absolute atomic E-state index is 0.241. The standard InChI is InChI=1S/C50H65O4P/c1-27(2)35-23-39(29(5)6)45(40(24-35)30(7)8)43-21-33-17-13-15-19-37(33)47-48-38-20-16-14-18-34(38)22-44(50(48)54-55(51,52)53-49(43)47)46-41(31(9)10)25-36(28(3)4)26-42(46)32(11)12/h21-32H,13-20H2,1-12H3,(H,51,52). The van der Waals surface area contributed by atoms with Crippen molar-refractivity contribution in [2.75, 3.05) is 0 Å². The van der Waals surface area contributed by atoms with E-state index in [4.69, 9.17) is 9.05 Å². The van der Waals surface area contributed by atoms with Crippen molar-refractivity contribution in [1.29, 1.82) is 0 Å². The zero-order chi connectivity index (χ0) is 39.7. The lowest BCUT2D eigenvalue weighted by atomic mass is 9.74. The molecule has 1 aliphatic heterocycles. The number of benzene rings is 4. The van der Waals surface area contributed by atoms with E-state index in [1.807, 2.05) is 0 Å². The Bertz CT molecular complexity index is 1970. The molecule has 0 saturated heterocycles. The Kier molecular flexibility index (Phi) is 11.0. The molecule has 0 radical (unpaired) electrons. The van der Waals surface area contributed by atoms with Gasteiger partial charge in [-0.2, -0.15) is 0 Å². The van der Waals surface area contributed by atoms with Gasteiger partial charge in [0.1, 0.15) is 11.5 Å². The van der Waals surface area contributed by atoms with Crippen LogP contribution in [0.5, 0.6) is 11.5 Å². The maximum Gasteiger partial charge on any atom is 0.584 e. The van der Waals surface area contributed by atoms with Crippen LogP contribution in [0.25, 0.3) is 33.4 Å². The molecule has 4 nitrogen and oxygen atoms in total. The number of phosphoric acid groups is 1. The Hall–Kier alpha value is -3.33. The molecule has 4 aromatic carbocycles. The van der Waals surface area contributed by atoms with Crippen molar-refractivity contribution in [2.24, 2.45) is 0 Å². The van der Waals surface area contributed by atoms with Gasteiger partial charge in [-0.25, -0.2) is 4.57 Å². The second-order valence-electron chi connectivity index (χ2n) is 18.7. The van der Waals surface area contributed by atoms with Crippen molar-refractivity contribution in [3.05, 3.63) is 92.0 Å². The van der Waals surface area contributed by atoms with Crippen LogP contribution < -0.4 is 9.05 Å². The number of fused-ring (bicyclic) bond motifs is 7. The molecule has 3 aliphatic rings. The lowest BCUT2D eigenvalue weighted by Gasteiger charge is -2.30. The van der Waals surface area contributed by atoms with Crippen molar-refractivity contribution in [1.82, 2.24) is 0 Å². The molecule has 294 valence electrons. The zero-order valence-corrected chi connectivity index (χ0v) is 36.6. The first-order valence-corrected chi connectivity index (χ1v) is 22.9. The molecule has 5 heteroatoms. The van der Waals surface area contributed by atoms with Gasteiger partial charge in [-0.3, -0.25) is 4.89 Å². The van der Waals surface area contributed by atoms with Crippen molar-refractivity contribution in [3.8, 4) is 44.9 Å². The van der Waals surface area contributed by atoms with E-state index in [9.17, 15) is 9.46 Å². The fourth-order valence-electron chi connectivity index (χ4n) is 9.64. The first-order valence-electron chi connectivity index (χ1n) is 21.4. The number of phosphoric ester groups is 1. The minimum atomic E-state index is -4.67. The van der Waals surface area contributed by atoms with Gasteiger partial charge >= 0.3 is 7.82 Å². The zero-order valence-electron chi connectivity index (χ0n) is 35.7. The molecule has 0 spiro atoms. The normalized spacial score (nSPS) is 16.3. The summed E-state index contributed by atoms with van der Waals surface area (Å²) in [5, 5.41) is 0. The second-order valence-corrected chi connectivity index (χ2v) is 20.0. The second kappa shape index (κ2) is 15.2. The molecule has 0 amide bonds. The van der Waals surface area contributed by atoms with E-state index in [1.54, 1.807) is 0 Å². The summed E-state index contributed by atoms with van der Waals surface area (Å²) in [7, 11) is -4.67. The summed E-state index contributed by atoms with van der Waals surface area (Å²) in [6.07, 6.45) is 8.20. The van der Waals surface area contributed by atoms with Crippen LogP contribution in [0, 0.1) is 0 Å². The average molecular weight is 761 g/mol. The third kappa shape index (κ3) is 7.25. The number of hydrogen-bond donors (Lipinski definition) is 1. The Balaban J connectivity index is 1.68. The molecule has 4 aromatic rings. The van der Waals surface area contributed by atoms with Crippen LogP contribution >= 0.6 is 7.82 Å². The maximum atomic E-state index is 14.8. The summed E-state index contributed by atoms with van der Waals surface area (Å²) in [5.41, 5.74) is 19.1. The molecule has 0 unspecified atom stereocenters. The Labute approximate surface area is 332 Å². The molecule has 0 fully saturated rings. The van der Waals surface area contributed by atoms with Crippen molar-refractivity contribution >= 4 is 7.82 Å². The van der Waals surface area contributed by atoms with Crippen LogP contribution in [0.3, 0.4) is 0 Å². The number of hydrogen-bond acceptors (Lipinski definition) is 3. The topological polar surface area (TPSA) is 55.8 Å². The van der Waals surface area contributed by atoms with Crippen molar-refractivity contribution in [3.63, 3.8) is 0 Å². The highest BCUT2D eigenvalue weighted by atomic mass is 31.2. The summed E-state index contributed by atoms with van der Waals surface area (Å²) < 4.78 is 28.0. The monoisotopic (exact) mass is 760 g/mol. The van der Waals surface area contributed by atoms with E-state index in [0.29, 0.717) is 23.3 Å². The maximum absolute atomic E-state index is 14.8. The quantitative estimate of drug-likeness (QED) is 0.182. The molecule has 2 aliphatic carbocycles. The summed E-state index contributed by atoms with van der Waals surface area (Å²) in [6, 6.07) is 14.2. The molecular formula is C50H65O4P. The van der Waals surface area contributed by atoms with Crippen LogP contribution in [0.4, 0.5) is 0 Å².